The molecule has 0 nitrogen and oxygen atoms in total. The van der Waals surface area contributed by atoms with E-state index < -0.39 is 0 Å². The van der Waals surface area contributed by atoms with Crippen LogP contribution < -0.4 is 0 Å². The van der Waals surface area contributed by atoms with Crippen molar-refractivity contribution >= 4 is 7.85 Å². The van der Waals surface area contributed by atoms with Gasteiger partial charge in [-0.15, -0.1) is 5.47 Å². The van der Waals surface area contributed by atoms with E-state index in [0.717, 1.165) is 17.3 Å². The number of hydrogen-bond acceptors (Lipinski definition) is 0. The summed E-state index contributed by atoms with van der Waals surface area (Å²) in [7, 11) is 5.71. The van der Waals surface area contributed by atoms with Crippen LogP contribution in [0.25, 0.3) is 0 Å². The molecule has 11 heavy (non-hydrogen) atoms. The fourth-order valence-corrected chi connectivity index (χ4v) is 1.76. The Balaban J connectivity index is 2.38. The first kappa shape index (κ1) is 8.90. The van der Waals surface area contributed by atoms with Gasteiger partial charge in [0.2, 0.25) is 0 Å². The van der Waals surface area contributed by atoms with E-state index in [9.17, 15) is 0 Å². The normalized spacial score (nSPS) is 31.5. The fraction of sp³-hybridized carbons (Fsp3) is 0.800. The predicted molar refractivity (Wildman–Crippen MR) is 50.6 cm³/mol. The summed E-state index contributed by atoms with van der Waals surface area (Å²) in [4.78, 5) is 0. The maximum atomic E-state index is 5.71. The van der Waals surface area contributed by atoms with Crippen LogP contribution in [0.2, 0.25) is 0 Å². The molecule has 0 aliphatic heterocycles. The summed E-state index contributed by atoms with van der Waals surface area (Å²) < 4.78 is 0. The summed E-state index contributed by atoms with van der Waals surface area (Å²) >= 11 is 0. The summed E-state index contributed by atoms with van der Waals surface area (Å²) in [6.45, 7) is 6.44. The van der Waals surface area contributed by atoms with Crippen molar-refractivity contribution in [3.05, 3.63) is 11.0 Å². The zero-order valence-corrected chi connectivity index (χ0v) is 7.85. The van der Waals surface area contributed by atoms with Crippen molar-refractivity contribution in [3.8, 4) is 0 Å². The molecule has 0 spiro atoms. The van der Waals surface area contributed by atoms with E-state index in [1.54, 1.807) is 0 Å². The Morgan fingerprint density at radius 1 is 1.45 bits per heavy atom. The number of rotatable bonds is 3. The van der Waals surface area contributed by atoms with Crippen LogP contribution in [-0.2, 0) is 0 Å². The van der Waals surface area contributed by atoms with Crippen molar-refractivity contribution in [2.75, 3.05) is 0 Å². The predicted octanol–water partition coefficient (Wildman–Crippen LogP) is 2.89. The molecule has 0 aromatic heterocycles. The van der Waals surface area contributed by atoms with Crippen LogP contribution >= 0.6 is 0 Å². The van der Waals surface area contributed by atoms with Crippen LogP contribution in [0.3, 0.4) is 0 Å². The Hall–Kier alpha value is -0.195. The van der Waals surface area contributed by atoms with Crippen molar-refractivity contribution < 1.29 is 0 Å². The molecule has 0 heterocycles. The van der Waals surface area contributed by atoms with Gasteiger partial charge in [-0.25, -0.2) is 0 Å². The lowest BCUT2D eigenvalue weighted by Crippen LogP contribution is -1.89. The zero-order chi connectivity index (χ0) is 8.43. The van der Waals surface area contributed by atoms with Gasteiger partial charge in [-0.3, -0.25) is 0 Å². The molecule has 0 bridgehead atoms. The number of hydrogen-bond donors (Lipinski definition) is 0. The third-order valence-electron chi connectivity index (χ3n) is 2.76. The van der Waals surface area contributed by atoms with Crippen molar-refractivity contribution in [1.29, 1.82) is 0 Å². The second-order valence-corrected chi connectivity index (χ2v) is 3.76. The van der Waals surface area contributed by atoms with Crippen LogP contribution in [0.5, 0.6) is 0 Å². The third kappa shape index (κ3) is 2.11. The molecule has 1 heteroatoms. The highest BCUT2D eigenvalue weighted by Crippen LogP contribution is 2.47. The molecular formula is C10H17B. The molecule has 1 aliphatic carbocycles. The van der Waals surface area contributed by atoms with Crippen molar-refractivity contribution in [2.24, 2.45) is 11.8 Å². The highest BCUT2D eigenvalue weighted by molar-refractivity contribution is 6.21. The second kappa shape index (κ2) is 3.47. The van der Waals surface area contributed by atoms with E-state index in [-0.39, 0.29) is 0 Å². The van der Waals surface area contributed by atoms with Crippen LogP contribution in [0.4, 0.5) is 0 Å². The second-order valence-electron chi connectivity index (χ2n) is 3.76. The average molecular weight is 148 g/mol. The van der Waals surface area contributed by atoms with Crippen LogP contribution in [-0.4, -0.2) is 7.85 Å². The maximum absolute atomic E-state index is 5.71. The van der Waals surface area contributed by atoms with Gasteiger partial charge in [-0.05, 0) is 25.2 Å². The summed E-state index contributed by atoms with van der Waals surface area (Å²) in [5, 5.41) is 0. The van der Waals surface area contributed by atoms with Crippen molar-refractivity contribution in [1.82, 2.24) is 0 Å². The average Bonchev–Trinajstić information content (AvgIpc) is 2.67. The molecule has 0 amide bonds. The first-order valence-electron chi connectivity index (χ1n) is 4.59. The molecule has 60 valence electrons. The van der Waals surface area contributed by atoms with E-state index >= 15 is 0 Å². The molecule has 0 N–H and O–H groups in total. The van der Waals surface area contributed by atoms with Gasteiger partial charge in [0.25, 0.3) is 0 Å². The summed E-state index contributed by atoms with van der Waals surface area (Å²) in [6, 6.07) is 0. The standard InChI is InChI=1S/C10H17B/c1-4-5-9-6-10(9)7(2)8(3)11/h9-10H,4-6H2,1-3H3. The minimum absolute atomic E-state index is 0.833. The molecule has 2 radical (unpaired) electrons. The first-order valence-corrected chi connectivity index (χ1v) is 4.59. The van der Waals surface area contributed by atoms with Crippen LogP contribution in [0, 0.1) is 11.8 Å². The lowest BCUT2D eigenvalue weighted by molar-refractivity contribution is 0.667. The largest absolute Gasteiger partial charge is 0.122 e. The molecule has 1 aliphatic rings. The van der Waals surface area contributed by atoms with Gasteiger partial charge in [-0.2, -0.15) is 0 Å². The Labute approximate surface area is 71.5 Å². The Morgan fingerprint density at radius 2 is 2.09 bits per heavy atom. The molecule has 2 atom stereocenters. The summed E-state index contributed by atoms with van der Waals surface area (Å²) in [5.74, 6) is 1.79. The van der Waals surface area contributed by atoms with E-state index in [1.807, 2.05) is 6.92 Å². The van der Waals surface area contributed by atoms with E-state index in [2.05, 4.69) is 13.8 Å². The highest BCUT2D eigenvalue weighted by Gasteiger charge is 2.36. The first-order chi connectivity index (χ1) is 5.16. The lowest BCUT2D eigenvalue weighted by Gasteiger charge is -2.01. The van der Waals surface area contributed by atoms with E-state index in [1.165, 1.54) is 24.8 Å². The Kier molecular flexibility index (Phi) is 2.81. The highest BCUT2D eigenvalue weighted by atomic mass is 14.4. The smallest absolute Gasteiger partial charge is 0.107 e. The molecule has 0 aromatic rings. The maximum Gasteiger partial charge on any atom is 0.107 e. The Morgan fingerprint density at radius 3 is 2.55 bits per heavy atom. The Bertz CT molecular complexity index is 166. The SMILES string of the molecule is [B]C(C)=C(C)C1CC1CCC. The van der Waals surface area contributed by atoms with Crippen LogP contribution in [0.15, 0.2) is 11.0 Å². The van der Waals surface area contributed by atoms with Crippen LogP contribution in [0.1, 0.15) is 40.0 Å². The van der Waals surface area contributed by atoms with Gasteiger partial charge in [0.05, 0.1) is 0 Å². The van der Waals surface area contributed by atoms with E-state index in [4.69, 9.17) is 7.85 Å². The van der Waals surface area contributed by atoms with Gasteiger partial charge in [0, 0.05) is 0 Å². The van der Waals surface area contributed by atoms with E-state index in [0.29, 0.717) is 0 Å². The lowest BCUT2D eigenvalue weighted by atomic mass is 9.90. The molecule has 1 saturated carbocycles. The van der Waals surface area contributed by atoms with Gasteiger partial charge >= 0.3 is 0 Å². The van der Waals surface area contributed by atoms with Gasteiger partial charge < -0.3 is 0 Å². The minimum atomic E-state index is 0.833. The summed E-state index contributed by atoms with van der Waals surface area (Å²) in [6.07, 6.45) is 4.08. The molecule has 2 unspecified atom stereocenters. The number of allylic oxidation sites excluding steroid dienone is 2. The zero-order valence-electron chi connectivity index (χ0n) is 7.85. The third-order valence-corrected chi connectivity index (χ3v) is 2.76. The minimum Gasteiger partial charge on any atom is -0.122 e. The molecule has 0 saturated heterocycles. The van der Waals surface area contributed by atoms with Crippen molar-refractivity contribution in [2.45, 2.75) is 40.0 Å². The molecular weight excluding hydrogens is 131 g/mol. The van der Waals surface area contributed by atoms with Crippen molar-refractivity contribution in [3.63, 3.8) is 0 Å². The summed E-state index contributed by atoms with van der Waals surface area (Å²) in [5.41, 5.74) is 2.47. The fourth-order valence-electron chi connectivity index (χ4n) is 1.76. The van der Waals surface area contributed by atoms with Gasteiger partial charge in [0.15, 0.2) is 0 Å². The molecule has 1 fully saturated rings. The molecule has 0 aromatic carbocycles. The van der Waals surface area contributed by atoms with Gasteiger partial charge in [0.1, 0.15) is 7.85 Å². The molecule has 1 rings (SSSR count). The monoisotopic (exact) mass is 148 g/mol. The topological polar surface area (TPSA) is 0 Å². The van der Waals surface area contributed by atoms with Gasteiger partial charge in [-0.1, -0.05) is 32.3 Å². The quantitative estimate of drug-likeness (QED) is 0.540.